The second-order valence-corrected chi connectivity index (χ2v) is 6.43. The average molecular weight is 382 g/mol. The Kier molecular flexibility index (Phi) is 5.41. The van der Waals surface area contributed by atoms with Gasteiger partial charge >= 0.3 is 5.97 Å². The van der Waals surface area contributed by atoms with Crippen molar-refractivity contribution in [1.82, 2.24) is 14.7 Å². The first-order chi connectivity index (χ1) is 10.9. The Morgan fingerprint density at radius 2 is 2.09 bits per heavy atom. The number of carboxylic acid groups (broad SMARTS) is 1. The van der Waals surface area contributed by atoms with Gasteiger partial charge in [0.15, 0.2) is 0 Å². The Hall–Kier alpha value is -1.89. The number of halogens is 1. The second kappa shape index (κ2) is 7.12. The number of aliphatic carboxylic acids is 1. The maximum Gasteiger partial charge on any atom is 0.326 e. The molecule has 0 saturated carbocycles. The SMILES string of the molecule is CCc1nc2ccc(Br)cn2c1C(=O)NC(C(=O)O)C(C)CC. The molecule has 6 nitrogen and oxygen atoms in total. The second-order valence-electron chi connectivity index (χ2n) is 5.51. The minimum Gasteiger partial charge on any atom is -0.480 e. The van der Waals surface area contributed by atoms with E-state index in [1.807, 2.05) is 32.9 Å². The molecule has 2 N–H and O–H groups in total. The number of rotatable bonds is 6. The van der Waals surface area contributed by atoms with Gasteiger partial charge in [0.25, 0.3) is 5.91 Å². The number of pyridine rings is 1. The number of aromatic nitrogens is 2. The van der Waals surface area contributed by atoms with Crippen molar-refractivity contribution in [1.29, 1.82) is 0 Å². The molecule has 0 aliphatic rings. The van der Waals surface area contributed by atoms with E-state index in [0.717, 1.165) is 4.47 Å². The number of nitrogens with one attached hydrogen (secondary N) is 1. The fraction of sp³-hybridized carbons (Fsp3) is 0.438. The molecule has 2 heterocycles. The van der Waals surface area contributed by atoms with Crippen molar-refractivity contribution < 1.29 is 14.7 Å². The summed E-state index contributed by atoms with van der Waals surface area (Å²) in [5.41, 5.74) is 1.69. The van der Waals surface area contributed by atoms with Crippen LogP contribution in [0.4, 0.5) is 0 Å². The van der Waals surface area contributed by atoms with Gasteiger partial charge < -0.3 is 10.4 Å². The van der Waals surface area contributed by atoms with Gasteiger partial charge in [0.05, 0.1) is 5.69 Å². The van der Waals surface area contributed by atoms with Crippen LogP contribution in [-0.2, 0) is 11.2 Å². The van der Waals surface area contributed by atoms with E-state index in [-0.39, 0.29) is 5.92 Å². The molecule has 0 aromatic carbocycles. The lowest BCUT2D eigenvalue weighted by molar-refractivity contribution is -0.140. The lowest BCUT2D eigenvalue weighted by atomic mass is 9.99. The van der Waals surface area contributed by atoms with Gasteiger partial charge in [0.1, 0.15) is 17.4 Å². The standard InChI is InChI=1S/C16H20BrN3O3/c1-4-9(3)13(16(22)23)19-15(21)14-11(5-2)18-12-7-6-10(17)8-20(12)14/h6-9,13H,4-5H2,1-3H3,(H,19,21)(H,22,23). The van der Waals surface area contributed by atoms with Crippen molar-refractivity contribution in [3.8, 4) is 0 Å². The van der Waals surface area contributed by atoms with Crippen molar-refractivity contribution in [2.45, 2.75) is 39.7 Å². The highest BCUT2D eigenvalue weighted by atomic mass is 79.9. The Morgan fingerprint density at radius 3 is 2.65 bits per heavy atom. The number of carbonyl (C=O) groups is 2. The zero-order valence-corrected chi connectivity index (χ0v) is 14.9. The van der Waals surface area contributed by atoms with Crippen LogP contribution in [0.25, 0.3) is 5.65 Å². The normalized spacial score (nSPS) is 13.7. The van der Waals surface area contributed by atoms with Crippen molar-refractivity contribution >= 4 is 33.5 Å². The average Bonchev–Trinajstić information content (AvgIpc) is 2.88. The van der Waals surface area contributed by atoms with E-state index in [4.69, 9.17) is 0 Å². The molecule has 0 spiro atoms. The first-order valence-corrected chi connectivity index (χ1v) is 8.38. The fourth-order valence-electron chi connectivity index (χ4n) is 2.45. The molecular weight excluding hydrogens is 362 g/mol. The van der Waals surface area contributed by atoms with Crippen LogP contribution in [0.15, 0.2) is 22.8 Å². The highest BCUT2D eigenvalue weighted by Gasteiger charge is 2.28. The highest BCUT2D eigenvalue weighted by molar-refractivity contribution is 9.10. The number of hydrogen-bond donors (Lipinski definition) is 2. The van der Waals surface area contributed by atoms with Crippen molar-refractivity contribution in [3.63, 3.8) is 0 Å². The molecule has 1 amide bonds. The molecule has 2 aromatic heterocycles. The van der Waals surface area contributed by atoms with E-state index in [9.17, 15) is 14.7 Å². The number of imidazole rings is 1. The third kappa shape index (κ3) is 3.55. The molecule has 7 heteroatoms. The summed E-state index contributed by atoms with van der Waals surface area (Å²) in [6.07, 6.45) is 3.01. The summed E-state index contributed by atoms with van der Waals surface area (Å²) in [7, 11) is 0. The van der Waals surface area contributed by atoms with Crippen molar-refractivity contribution in [2.24, 2.45) is 5.92 Å². The lowest BCUT2D eigenvalue weighted by Crippen LogP contribution is -2.45. The number of hydrogen-bond acceptors (Lipinski definition) is 3. The summed E-state index contributed by atoms with van der Waals surface area (Å²) in [6, 6.07) is 2.74. The van der Waals surface area contributed by atoms with Gasteiger partial charge in [0.2, 0.25) is 0 Å². The van der Waals surface area contributed by atoms with Crippen molar-refractivity contribution in [3.05, 3.63) is 34.2 Å². The third-order valence-electron chi connectivity index (χ3n) is 3.97. The van der Waals surface area contributed by atoms with Gasteiger partial charge in [-0.25, -0.2) is 9.78 Å². The van der Waals surface area contributed by atoms with E-state index in [1.165, 1.54) is 0 Å². The van der Waals surface area contributed by atoms with Gasteiger partial charge in [-0.3, -0.25) is 9.20 Å². The third-order valence-corrected chi connectivity index (χ3v) is 4.44. The van der Waals surface area contributed by atoms with Gasteiger partial charge in [-0.15, -0.1) is 0 Å². The first kappa shape index (κ1) is 17.5. The van der Waals surface area contributed by atoms with Crippen LogP contribution in [0.5, 0.6) is 0 Å². The summed E-state index contributed by atoms with van der Waals surface area (Å²) < 4.78 is 2.50. The summed E-state index contributed by atoms with van der Waals surface area (Å²) in [6.45, 7) is 5.62. The molecule has 0 aliphatic heterocycles. The van der Waals surface area contributed by atoms with Crippen LogP contribution in [0.2, 0.25) is 0 Å². The van der Waals surface area contributed by atoms with Gasteiger partial charge in [-0.05, 0) is 40.4 Å². The highest BCUT2D eigenvalue weighted by Crippen LogP contribution is 2.18. The fourth-order valence-corrected chi connectivity index (χ4v) is 2.78. The number of amides is 1. The zero-order chi connectivity index (χ0) is 17.1. The van der Waals surface area contributed by atoms with E-state index in [1.54, 1.807) is 10.6 Å². The van der Waals surface area contributed by atoms with Crippen LogP contribution in [0, 0.1) is 5.92 Å². The Labute approximate surface area is 143 Å². The van der Waals surface area contributed by atoms with E-state index < -0.39 is 17.9 Å². The number of carboxylic acids is 1. The van der Waals surface area contributed by atoms with Crippen LogP contribution < -0.4 is 5.32 Å². The van der Waals surface area contributed by atoms with Gasteiger partial charge in [0, 0.05) is 10.7 Å². The number of aryl methyl sites for hydroxylation is 1. The molecular formula is C16H20BrN3O3. The molecule has 0 fully saturated rings. The molecule has 23 heavy (non-hydrogen) atoms. The van der Waals surface area contributed by atoms with Crippen molar-refractivity contribution in [2.75, 3.05) is 0 Å². The molecule has 124 valence electrons. The van der Waals surface area contributed by atoms with Gasteiger partial charge in [-0.2, -0.15) is 0 Å². The maximum atomic E-state index is 12.7. The predicted octanol–water partition coefficient (Wildman–Crippen LogP) is 2.89. The zero-order valence-electron chi connectivity index (χ0n) is 13.3. The number of fused-ring (bicyclic) bond motifs is 1. The molecule has 2 atom stereocenters. The molecule has 0 radical (unpaired) electrons. The summed E-state index contributed by atoms with van der Waals surface area (Å²) in [5, 5.41) is 12.0. The quantitative estimate of drug-likeness (QED) is 0.805. The van der Waals surface area contributed by atoms with Gasteiger partial charge in [-0.1, -0.05) is 27.2 Å². The Balaban J connectivity index is 2.43. The van der Waals surface area contributed by atoms with E-state index >= 15 is 0 Å². The number of carbonyl (C=O) groups excluding carboxylic acids is 1. The summed E-state index contributed by atoms with van der Waals surface area (Å²) >= 11 is 3.38. The van der Waals surface area contributed by atoms with E-state index in [2.05, 4.69) is 26.2 Å². The molecule has 0 bridgehead atoms. The maximum absolute atomic E-state index is 12.7. The largest absolute Gasteiger partial charge is 0.480 e. The first-order valence-electron chi connectivity index (χ1n) is 7.59. The predicted molar refractivity (Wildman–Crippen MR) is 90.6 cm³/mol. The van der Waals surface area contributed by atoms with E-state index in [0.29, 0.717) is 29.9 Å². The number of nitrogens with zero attached hydrogens (tertiary/aromatic N) is 2. The summed E-state index contributed by atoms with van der Waals surface area (Å²) in [5.74, 6) is -1.60. The summed E-state index contributed by atoms with van der Waals surface area (Å²) in [4.78, 5) is 28.6. The minimum absolute atomic E-state index is 0.160. The molecule has 2 aromatic rings. The molecule has 0 aliphatic carbocycles. The van der Waals surface area contributed by atoms with Crippen LogP contribution >= 0.6 is 15.9 Å². The molecule has 2 rings (SSSR count). The molecule has 2 unspecified atom stereocenters. The monoisotopic (exact) mass is 381 g/mol. The van der Waals surface area contributed by atoms with Crippen LogP contribution in [0.1, 0.15) is 43.4 Å². The smallest absolute Gasteiger partial charge is 0.326 e. The minimum atomic E-state index is -1.03. The lowest BCUT2D eigenvalue weighted by Gasteiger charge is -2.20. The Morgan fingerprint density at radius 1 is 1.39 bits per heavy atom. The molecule has 0 saturated heterocycles. The van der Waals surface area contributed by atoms with Crippen LogP contribution in [-0.4, -0.2) is 32.4 Å². The topological polar surface area (TPSA) is 83.7 Å². The van der Waals surface area contributed by atoms with Crippen LogP contribution in [0.3, 0.4) is 0 Å². The Bertz CT molecular complexity index is 741.